The van der Waals surface area contributed by atoms with E-state index in [1.807, 2.05) is 19.1 Å². The summed E-state index contributed by atoms with van der Waals surface area (Å²) in [6.07, 6.45) is 2.47. The maximum absolute atomic E-state index is 13.9. The largest absolute Gasteiger partial charge is 0.490 e. The van der Waals surface area contributed by atoms with Crippen LogP contribution in [0.3, 0.4) is 0 Å². The van der Waals surface area contributed by atoms with Gasteiger partial charge in [0.2, 0.25) is 0 Å². The van der Waals surface area contributed by atoms with E-state index in [9.17, 15) is 4.39 Å². The lowest BCUT2D eigenvalue weighted by Crippen LogP contribution is -2.15. The Hall–Kier alpha value is -1.30. The minimum atomic E-state index is -0.380. The fourth-order valence-electron chi connectivity index (χ4n) is 2.46. The van der Waals surface area contributed by atoms with Crippen molar-refractivity contribution in [3.63, 3.8) is 0 Å². The van der Waals surface area contributed by atoms with Gasteiger partial charge >= 0.3 is 0 Å². The van der Waals surface area contributed by atoms with Crippen molar-refractivity contribution in [3.8, 4) is 11.5 Å². The Morgan fingerprint density at radius 1 is 1.24 bits per heavy atom. The molecule has 1 saturated carbocycles. The summed E-state index contributed by atoms with van der Waals surface area (Å²) in [6.45, 7) is 3.25. The molecular formula is C19H20BrClFNO2. The zero-order chi connectivity index (χ0) is 17.8. The SMILES string of the molecule is CCOc1cc(CNC2CC2)c(Br)cc1OCc1c(F)cccc1Cl. The first-order valence-corrected chi connectivity index (χ1v) is 9.50. The lowest BCUT2D eigenvalue weighted by Gasteiger charge is -2.16. The first-order valence-electron chi connectivity index (χ1n) is 8.32. The molecule has 25 heavy (non-hydrogen) atoms. The van der Waals surface area contributed by atoms with E-state index < -0.39 is 0 Å². The molecule has 0 heterocycles. The van der Waals surface area contributed by atoms with Gasteiger partial charge in [-0.05, 0) is 49.6 Å². The highest BCUT2D eigenvalue weighted by molar-refractivity contribution is 9.10. The van der Waals surface area contributed by atoms with Crippen LogP contribution in [0.4, 0.5) is 4.39 Å². The van der Waals surface area contributed by atoms with Gasteiger partial charge in [0.15, 0.2) is 11.5 Å². The molecule has 1 aliphatic rings. The van der Waals surface area contributed by atoms with Gasteiger partial charge < -0.3 is 14.8 Å². The summed E-state index contributed by atoms with van der Waals surface area (Å²) in [5.74, 6) is 0.823. The van der Waals surface area contributed by atoms with Crippen LogP contribution in [-0.4, -0.2) is 12.6 Å². The number of ether oxygens (including phenoxy) is 2. The second-order valence-electron chi connectivity index (χ2n) is 5.97. The molecule has 134 valence electrons. The summed E-state index contributed by atoms with van der Waals surface area (Å²) in [5.41, 5.74) is 1.44. The van der Waals surface area contributed by atoms with Crippen LogP contribution in [0.1, 0.15) is 30.9 Å². The van der Waals surface area contributed by atoms with Crippen LogP contribution in [0, 0.1) is 5.82 Å². The number of hydrogen-bond donors (Lipinski definition) is 1. The number of rotatable bonds is 8. The van der Waals surface area contributed by atoms with Gasteiger partial charge in [-0.25, -0.2) is 4.39 Å². The van der Waals surface area contributed by atoms with Crippen LogP contribution >= 0.6 is 27.5 Å². The standard InChI is InChI=1S/C19H20BrClFNO2/c1-2-24-18-8-12(10-23-13-6-7-13)15(20)9-19(18)25-11-14-16(21)4-3-5-17(14)22/h3-5,8-9,13,23H,2,6-7,10-11H2,1H3. The number of halogens is 3. The monoisotopic (exact) mass is 427 g/mol. The Kier molecular flexibility index (Phi) is 6.20. The third-order valence-corrected chi connectivity index (χ3v) is 5.10. The molecule has 3 rings (SSSR count). The van der Waals surface area contributed by atoms with Crippen molar-refractivity contribution >= 4 is 27.5 Å². The van der Waals surface area contributed by atoms with E-state index in [4.69, 9.17) is 21.1 Å². The molecule has 1 aliphatic carbocycles. The van der Waals surface area contributed by atoms with E-state index in [1.165, 1.54) is 18.9 Å². The van der Waals surface area contributed by atoms with Gasteiger partial charge in [0.25, 0.3) is 0 Å². The predicted octanol–water partition coefficient (Wildman–Crippen LogP) is 5.47. The second-order valence-corrected chi connectivity index (χ2v) is 7.23. The number of hydrogen-bond acceptors (Lipinski definition) is 3. The van der Waals surface area contributed by atoms with Gasteiger partial charge in [-0.2, -0.15) is 0 Å². The van der Waals surface area contributed by atoms with Crippen LogP contribution in [0.2, 0.25) is 5.02 Å². The predicted molar refractivity (Wildman–Crippen MR) is 101 cm³/mol. The first-order chi connectivity index (χ1) is 12.1. The molecule has 0 unspecified atom stereocenters. The Bertz CT molecular complexity index is 732. The molecule has 0 atom stereocenters. The molecule has 3 nitrogen and oxygen atoms in total. The van der Waals surface area contributed by atoms with Crippen molar-refractivity contribution < 1.29 is 13.9 Å². The van der Waals surface area contributed by atoms with Crippen LogP contribution in [-0.2, 0) is 13.2 Å². The van der Waals surface area contributed by atoms with Crippen LogP contribution in [0.25, 0.3) is 0 Å². The Morgan fingerprint density at radius 3 is 2.68 bits per heavy atom. The van der Waals surface area contributed by atoms with Crippen molar-refractivity contribution in [3.05, 3.63) is 56.8 Å². The lowest BCUT2D eigenvalue weighted by molar-refractivity contribution is 0.265. The fourth-order valence-corrected chi connectivity index (χ4v) is 3.14. The summed E-state index contributed by atoms with van der Waals surface area (Å²) in [4.78, 5) is 0. The Balaban J connectivity index is 1.77. The van der Waals surface area contributed by atoms with Gasteiger partial charge in [-0.3, -0.25) is 0 Å². The van der Waals surface area contributed by atoms with Gasteiger partial charge in [0.1, 0.15) is 12.4 Å². The topological polar surface area (TPSA) is 30.5 Å². The maximum atomic E-state index is 13.9. The number of nitrogens with one attached hydrogen (secondary N) is 1. The van der Waals surface area contributed by atoms with E-state index in [0.717, 1.165) is 16.6 Å². The highest BCUT2D eigenvalue weighted by Gasteiger charge is 2.21. The maximum Gasteiger partial charge on any atom is 0.162 e. The van der Waals surface area contributed by atoms with Crippen LogP contribution in [0.15, 0.2) is 34.8 Å². The van der Waals surface area contributed by atoms with Gasteiger partial charge in [0, 0.05) is 22.6 Å². The quantitative estimate of drug-likeness (QED) is 0.604. The molecule has 6 heteroatoms. The van der Waals surface area contributed by atoms with Crippen molar-refractivity contribution in [2.24, 2.45) is 0 Å². The summed E-state index contributed by atoms with van der Waals surface area (Å²) in [5, 5.41) is 3.83. The zero-order valence-corrected chi connectivity index (χ0v) is 16.3. The third kappa shape index (κ3) is 4.87. The highest BCUT2D eigenvalue weighted by atomic mass is 79.9. The minimum absolute atomic E-state index is 0.0394. The Morgan fingerprint density at radius 2 is 2.00 bits per heavy atom. The van der Waals surface area contributed by atoms with Crippen LogP contribution < -0.4 is 14.8 Å². The number of benzene rings is 2. The average Bonchev–Trinajstić information content (AvgIpc) is 3.40. The van der Waals surface area contributed by atoms with E-state index >= 15 is 0 Å². The van der Waals surface area contributed by atoms with Gasteiger partial charge in [-0.15, -0.1) is 0 Å². The molecule has 0 aromatic heterocycles. The summed E-state index contributed by atoms with van der Waals surface area (Å²) >= 11 is 9.64. The van der Waals surface area contributed by atoms with Gasteiger partial charge in [0.05, 0.1) is 11.6 Å². The molecular weight excluding hydrogens is 409 g/mol. The minimum Gasteiger partial charge on any atom is -0.490 e. The van der Waals surface area contributed by atoms with Crippen molar-refractivity contribution in [2.45, 2.75) is 39.0 Å². The van der Waals surface area contributed by atoms with Crippen LogP contribution in [0.5, 0.6) is 11.5 Å². The molecule has 0 radical (unpaired) electrons. The normalized spacial score (nSPS) is 13.8. The fraction of sp³-hybridized carbons (Fsp3) is 0.368. The van der Waals surface area contributed by atoms with Crippen molar-refractivity contribution in [1.29, 1.82) is 0 Å². The molecule has 0 bridgehead atoms. The summed E-state index contributed by atoms with van der Waals surface area (Å²) in [6, 6.07) is 9.04. The van der Waals surface area contributed by atoms with E-state index in [0.29, 0.717) is 34.7 Å². The molecule has 2 aromatic carbocycles. The third-order valence-electron chi connectivity index (χ3n) is 4.00. The van der Waals surface area contributed by atoms with Crippen molar-refractivity contribution in [1.82, 2.24) is 5.32 Å². The molecule has 1 N–H and O–H groups in total. The summed E-state index contributed by atoms with van der Waals surface area (Å²) in [7, 11) is 0. The molecule has 1 fully saturated rings. The van der Waals surface area contributed by atoms with Gasteiger partial charge in [-0.1, -0.05) is 33.6 Å². The molecule has 0 saturated heterocycles. The van der Waals surface area contributed by atoms with E-state index in [2.05, 4.69) is 21.2 Å². The van der Waals surface area contributed by atoms with E-state index in [-0.39, 0.29) is 12.4 Å². The first kappa shape index (κ1) is 18.5. The zero-order valence-electron chi connectivity index (χ0n) is 14.0. The summed E-state index contributed by atoms with van der Waals surface area (Å²) < 4.78 is 26.4. The average molecular weight is 429 g/mol. The molecule has 0 amide bonds. The molecule has 0 spiro atoms. The van der Waals surface area contributed by atoms with Crippen molar-refractivity contribution in [2.75, 3.05) is 6.61 Å². The molecule has 0 aliphatic heterocycles. The smallest absolute Gasteiger partial charge is 0.162 e. The molecule has 2 aromatic rings. The lowest BCUT2D eigenvalue weighted by atomic mass is 10.2. The highest BCUT2D eigenvalue weighted by Crippen LogP contribution is 2.35. The van der Waals surface area contributed by atoms with E-state index in [1.54, 1.807) is 12.1 Å². The Labute approximate surface area is 160 Å². The second kappa shape index (κ2) is 8.39.